The fraction of sp³-hybridized carbons (Fsp3) is 0.889. The maximum absolute atomic E-state index is 10.9. The Hall–Kier alpha value is -1.26. The van der Waals surface area contributed by atoms with E-state index in [-0.39, 0.29) is 5.97 Å². The zero-order valence-electron chi connectivity index (χ0n) is 9.11. The van der Waals surface area contributed by atoms with Gasteiger partial charge in [0.15, 0.2) is 0 Å². The molecule has 0 aliphatic heterocycles. The smallest absolute Gasteiger partial charge is 0.305 e. The molecule has 0 rings (SSSR count). The van der Waals surface area contributed by atoms with Gasteiger partial charge in [0.05, 0.1) is 6.61 Å². The van der Waals surface area contributed by atoms with Gasteiger partial charge in [-0.05, 0) is 38.4 Å². The second-order valence-electron chi connectivity index (χ2n) is 2.97. The molecule has 86 valence electrons. The van der Waals surface area contributed by atoms with Gasteiger partial charge in [-0.15, -0.1) is 0 Å². The van der Waals surface area contributed by atoms with E-state index in [0.29, 0.717) is 19.6 Å². The molecule has 6 heteroatoms. The van der Waals surface area contributed by atoms with Crippen molar-refractivity contribution in [1.29, 1.82) is 0 Å². The van der Waals surface area contributed by atoms with Crippen molar-refractivity contribution in [2.24, 2.45) is 5.11 Å². The van der Waals surface area contributed by atoms with Gasteiger partial charge in [-0.2, -0.15) is 0 Å². The van der Waals surface area contributed by atoms with Gasteiger partial charge in [0.1, 0.15) is 0 Å². The van der Waals surface area contributed by atoms with Gasteiger partial charge in [-0.25, -0.2) is 0 Å². The van der Waals surface area contributed by atoms with E-state index < -0.39 is 0 Å². The SMILES string of the molecule is CCOC(=O)CCCNCCCN=[N+]=[N-]. The third-order valence-electron chi connectivity index (χ3n) is 1.71. The summed E-state index contributed by atoms with van der Waals surface area (Å²) in [4.78, 5) is 13.6. The van der Waals surface area contributed by atoms with Gasteiger partial charge < -0.3 is 10.1 Å². The van der Waals surface area contributed by atoms with Crippen LogP contribution in [0.1, 0.15) is 26.2 Å². The Kier molecular flexibility index (Phi) is 9.91. The molecule has 0 saturated heterocycles. The molecule has 0 unspecified atom stereocenters. The molecule has 0 aliphatic carbocycles. The monoisotopic (exact) mass is 214 g/mol. The summed E-state index contributed by atoms with van der Waals surface area (Å²) in [6.45, 7) is 4.35. The Bertz CT molecular complexity index is 214. The van der Waals surface area contributed by atoms with E-state index >= 15 is 0 Å². The molecule has 6 nitrogen and oxygen atoms in total. The Morgan fingerprint density at radius 2 is 2.20 bits per heavy atom. The molecular weight excluding hydrogens is 196 g/mol. The summed E-state index contributed by atoms with van der Waals surface area (Å²) in [5.41, 5.74) is 8.01. The summed E-state index contributed by atoms with van der Waals surface area (Å²) in [5, 5.41) is 6.56. The number of nitrogens with zero attached hydrogens (tertiary/aromatic N) is 3. The van der Waals surface area contributed by atoms with Gasteiger partial charge in [0.25, 0.3) is 0 Å². The van der Waals surface area contributed by atoms with Crippen LogP contribution >= 0.6 is 0 Å². The number of rotatable bonds is 9. The lowest BCUT2D eigenvalue weighted by atomic mass is 10.3. The standard InChI is InChI=1S/C9H18N4O2/c1-2-15-9(14)5-3-6-11-7-4-8-12-13-10/h11H,2-8H2,1H3. The maximum Gasteiger partial charge on any atom is 0.305 e. The third-order valence-corrected chi connectivity index (χ3v) is 1.71. The second-order valence-corrected chi connectivity index (χ2v) is 2.97. The first-order valence-electron chi connectivity index (χ1n) is 5.18. The predicted octanol–water partition coefficient (Wildman–Crippen LogP) is 1.62. The van der Waals surface area contributed by atoms with Gasteiger partial charge >= 0.3 is 5.97 Å². The Labute approximate surface area is 89.6 Å². The highest BCUT2D eigenvalue weighted by molar-refractivity contribution is 5.69. The number of azide groups is 1. The summed E-state index contributed by atoms with van der Waals surface area (Å²) in [6, 6.07) is 0. The van der Waals surface area contributed by atoms with E-state index in [1.165, 1.54) is 0 Å². The lowest BCUT2D eigenvalue weighted by Crippen LogP contribution is -2.18. The number of nitrogens with one attached hydrogen (secondary N) is 1. The molecule has 1 N–H and O–H groups in total. The zero-order valence-corrected chi connectivity index (χ0v) is 9.11. The molecule has 0 amide bonds. The van der Waals surface area contributed by atoms with Crippen molar-refractivity contribution in [3.8, 4) is 0 Å². The topological polar surface area (TPSA) is 87.1 Å². The van der Waals surface area contributed by atoms with Crippen molar-refractivity contribution in [3.63, 3.8) is 0 Å². The summed E-state index contributed by atoms with van der Waals surface area (Å²) in [5.74, 6) is -0.145. The van der Waals surface area contributed by atoms with Crippen molar-refractivity contribution in [2.45, 2.75) is 26.2 Å². The van der Waals surface area contributed by atoms with E-state index in [1.807, 2.05) is 0 Å². The van der Waals surface area contributed by atoms with Crippen LogP contribution in [0, 0.1) is 0 Å². The normalized spacial score (nSPS) is 9.40. The molecule has 0 atom stereocenters. The zero-order chi connectivity index (χ0) is 11.4. The van der Waals surface area contributed by atoms with Crippen LogP contribution in [0.15, 0.2) is 5.11 Å². The first-order valence-corrected chi connectivity index (χ1v) is 5.18. The minimum atomic E-state index is -0.145. The maximum atomic E-state index is 10.9. The van der Waals surface area contributed by atoms with E-state index in [2.05, 4.69) is 15.3 Å². The fourth-order valence-corrected chi connectivity index (χ4v) is 1.04. The van der Waals surface area contributed by atoms with Gasteiger partial charge in [-0.3, -0.25) is 4.79 Å². The quantitative estimate of drug-likeness (QED) is 0.208. The number of ether oxygens (including phenoxy) is 1. The van der Waals surface area contributed by atoms with E-state index in [4.69, 9.17) is 10.3 Å². The molecule has 0 fully saturated rings. The molecule has 15 heavy (non-hydrogen) atoms. The summed E-state index contributed by atoms with van der Waals surface area (Å²) in [6.07, 6.45) is 2.06. The van der Waals surface area contributed by atoms with Crippen LogP contribution in [0.5, 0.6) is 0 Å². The van der Waals surface area contributed by atoms with Crippen molar-refractivity contribution >= 4 is 5.97 Å². The van der Waals surface area contributed by atoms with Crippen molar-refractivity contribution in [2.75, 3.05) is 26.2 Å². The largest absolute Gasteiger partial charge is 0.466 e. The number of carbonyl (C=O) groups excluding carboxylic acids is 1. The van der Waals surface area contributed by atoms with Crippen LogP contribution in [-0.2, 0) is 9.53 Å². The lowest BCUT2D eigenvalue weighted by molar-refractivity contribution is -0.143. The number of hydrogen-bond donors (Lipinski definition) is 1. The van der Waals surface area contributed by atoms with Crippen LogP contribution in [0.2, 0.25) is 0 Å². The minimum absolute atomic E-state index is 0.145. The van der Waals surface area contributed by atoms with Gasteiger partial charge in [0, 0.05) is 17.9 Å². The van der Waals surface area contributed by atoms with Crippen LogP contribution in [0.25, 0.3) is 10.4 Å². The minimum Gasteiger partial charge on any atom is -0.466 e. The molecule has 0 heterocycles. The van der Waals surface area contributed by atoms with Crippen LogP contribution < -0.4 is 5.32 Å². The van der Waals surface area contributed by atoms with E-state index in [9.17, 15) is 4.79 Å². The van der Waals surface area contributed by atoms with E-state index in [0.717, 1.165) is 25.9 Å². The summed E-state index contributed by atoms with van der Waals surface area (Å²) >= 11 is 0. The van der Waals surface area contributed by atoms with Crippen LogP contribution in [0.4, 0.5) is 0 Å². The molecule has 0 bridgehead atoms. The number of hydrogen-bond acceptors (Lipinski definition) is 4. The molecule has 0 radical (unpaired) electrons. The molecular formula is C9H18N4O2. The van der Waals surface area contributed by atoms with Crippen molar-refractivity contribution in [1.82, 2.24) is 5.32 Å². The van der Waals surface area contributed by atoms with E-state index in [1.54, 1.807) is 6.92 Å². The molecule has 0 aromatic heterocycles. The second kappa shape index (κ2) is 10.8. The molecule has 0 aromatic carbocycles. The fourth-order valence-electron chi connectivity index (χ4n) is 1.04. The third kappa shape index (κ3) is 10.7. The lowest BCUT2D eigenvalue weighted by Gasteiger charge is -2.03. The van der Waals surface area contributed by atoms with Crippen molar-refractivity contribution in [3.05, 3.63) is 10.4 Å². The molecule has 0 spiro atoms. The first-order chi connectivity index (χ1) is 7.31. The Morgan fingerprint density at radius 3 is 2.87 bits per heavy atom. The van der Waals surface area contributed by atoms with Crippen LogP contribution in [0.3, 0.4) is 0 Å². The Morgan fingerprint density at radius 1 is 1.47 bits per heavy atom. The Balaban J connectivity index is 3.10. The van der Waals surface area contributed by atoms with Crippen molar-refractivity contribution < 1.29 is 9.53 Å². The highest BCUT2D eigenvalue weighted by Gasteiger charge is 1.99. The predicted molar refractivity (Wildman–Crippen MR) is 57.4 cm³/mol. The van der Waals surface area contributed by atoms with Gasteiger partial charge in [-0.1, -0.05) is 5.11 Å². The highest BCUT2D eigenvalue weighted by atomic mass is 16.5. The highest BCUT2D eigenvalue weighted by Crippen LogP contribution is 1.91. The average molecular weight is 214 g/mol. The summed E-state index contributed by atoms with van der Waals surface area (Å²) in [7, 11) is 0. The number of esters is 1. The van der Waals surface area contributed by atoms with Gasteiger partial charge in [0.2, 0.25) is 0 Å². The number of carbonyl (C=O) groups is 1. The molecule has 0 saturated carbocycles. The average Bonchev–Trinajstić information content (AvgIpc) is 2.22. The van der Waals surface area contributed by atoms with Crippen LogP contribution in [-0.4, -0.2) is 32.2 Å². The molecule has 0 aliphatic rings. The molecule has 0 aromatic rings. The summed E-state index contributed by atoms with van der Waals surface area (Å²) < 4.78 is 4.78. The first kappa shape index (κ1) is 13.7.